The maximum absolute atomic E-state index is 10.4. The topological polar surface area (TPSA) is 54.4 Å². The first-order valence-corrected chi connectivity index (χ1v) is 16.8. The van der Waals surface area contributed by atoms with Gasteiger partial charge in [0.05, 0.1) is 0 Å². The molecule has 0 saturated heterocycles. The molecule has 0 fully saturated rings. The fourth-order valence-corrected chi connectivity index (χ4v) is 6.47. The standard InChI is InChI=1S/C33H34.C7H8O3S/c1-32(2,3)25-15-11-22(12-16-25)28-19-20-29-27-10-8-7-9-24(27)21-30(29)31(28)23-13-17-26(18-14-23)33(4,5)6;8-11(9,10)6-7-4-2-1-3-5-7/h7-20H,21H2,1-6H3;1-5H,6H2,(H,8,9,10). The smallest absolute Gasteiger partial charge is 0.269 e. The van der Waals surface area contributed by atoms with Crippen molar-refractivity contribution in [2.45, 2.75) is 64.5 Å². The number of fused-ring (bicyclic) bond motifs is 3. The number of rotatable bonds is 4. The van der Waals surface area contributed by atoms with E-state index in [1.54, 1.807) is 30.3 Å². The van der Waals surface area contributed by atoms with Crippen LogP contribution < -0.4 is 0 Å². The fraction of sp³-hybridized carbons (Fsp3) is 0.250. The Morgan fingerprint density at radius 3 is 1.61 bits per heavy atom. The van der Waals surface area contributed by atoms with E-state index in [9.17, 15) is 8.42 Å². The largest absolute Gasteiger partial charge is 0.285 e. The summed E-state index contributed by atoms with van der Waals surface area (Å²) in [5.41, 5.74) is 14.6. The van der Waals surface area contributed by atoms with E-state index in [-0.39, 0.29) is 16.6 Å². The lowest BCUT2D eigenvalue weighted by atomic mass is 9.83. The average Bonchev–Trinajstić information content (AvgIpc) is 3.35. The SMILES string of the molecule is CC(C)(C)c1ccc(-c2ccc3c(c2-c2ccc(C(C)(C)C)cc2)Cc2ccccc2-3)cc1.O=S(=O)(O)Cc1ccccc1. The molecule has 1 aliphatic carbocycles. The van der Waals surface area contributed by atoms with Gasteiger partial charge in [0.1, 0.15) is 5.75 Å². The van der Waals surface area contributed by atoms with E-state index in [2.05, 4.69) is 126 Å². The lowest BCUT2D eigenvalue weighted by molar-refractivity contribution is 0.482. The highest BCUT2D eigenvalue weighted by molar-refractivity contribution is 7.85. The summed E-state index contributed by atoms with van der Waals surface area (Å²) in [5.74, 6) is -0.312. The quantitative estimate of drug-likeness (QED) is 0.204. The zero-order valence-corrected chi connectivity index (χ0v) is 27.4. The molecule has 0 aromatic heterocycles. The Kier molecular flexibility index (Phi) is 8.71. The summed E-state index contributed by atoms with van der Waals surface area (Å²) in [4.78, 5) is 0. The Morgan fingerprint density at radius 2 is 1.07 bits per heavy atom. The van der Waals surface area contributed by atoms with E-state index in [0.29, 0.717) is 5.56 Å². The van der Waals surface area contributed by atoms with Gasteiger partial charge in [0.15, 0.2) is 0 Å². The molecule has 0 heterocycles. The monoisotopic (exact) mass is 602 g/mol. The molecular formula is C40H42O3S. The second-order valence-electron chi connectivity index (χ2n) is 13.7. The molecule has 0 saturated carbocycles. The molecule has 0 amide bonds. The van der Waals surface area contributed by atoms with Gasteiger partial charge < -0.3 is 0 Å². The van der Waals surface area contributed by atoms with Crippen LogP contribution in [0.1, 0.15) is 69.4 Å². The van der Waals surface area contributed by atoms with Gasteiger partial charge in [-0.15, -0.1) is 0 Å². The van der Waals surface area contributed by atoms with Gasteiger partial charge in [-0.3, -0.25) is 4.55 Å². The van der Waals surface area contributed by atoms with Crippen molar-refractivity contribution >= 4 is 10.1 Å². The summed E-state index contributed by atoms with van der Waals surface area (Å²) in [7, 11) is -3.88. The Labute approximate surface area is 263 Å². The van der Waals surface area contributed by atoms with Gasteiger partial charge in [0.25, 0.3) is 10.1 Å². The van der Waals surface area contributed by atoms with Gasteiger partial charge in [-0.2, -0.15) is 8.42 Å². The summed E-state index contributed by atoms with van der Waals surface area (Å²) in [6.07, 6.45) is 0.996. The van der Waals surface area contributed by atoms with Crippen LogP contribution in [0.15, 0.2) is 115 Å². The third kappa shape index (κ3) is 7.20. The van der Waals surface area contributed by atoms with Crippen LogP contribution in [-0.2, 0) is 33.1 Å². The minimum Gasteiger partial charge on any atom is -0.285 e. The van der Waals surface area contributed by atoms with E-state index in [4.69, 9.17) is 4.55 Å². The molecule has 5 aromatic rings. The Balaban J connectivity index is 0.000000296. The van der Waals surface area contributed by atoms with Crippen molar-refractivity contribution < 1.29 is 13.0 Å². The van der Waals surface area contributed by atoms with Crippen molar-refractivity contribution in [1.29, 1.82) is 0 Å². The minimum atomic E-state index is -3.88. The molecule has 6 rings (SSSR count). The zero-order chi connectivity index (χ0) is 31.7. The molecule has 226 valence electrons. The lowest BCUT2D eigenvalue weighted by Crippen LogP contribution is -2.10. The summed E-state index contributed by atoms with van der Waals surface area (Å²) < 4.78 is 29.2. The highest BCUT2D eigenvalue weighted by atomic mass is 32.2. The van der Waals surface area contributed by atoms with E-state index in [1.807, 2.05) is 0 Å². The van der Waals surface area contributed by atoms with E-state index in [1.165, 1.54) is 55.6 Å². The van der Waals surface area contributed by atoms with Crippen LogP contribution in [0.25, 0.3) is 33.4 Å². The number of hydrogen-bond donors (Lipinski definition) is 1. The first-order valence-electron chi connectivity index (χ1n) is 15.2. The molecule has 0 bridgehead atoms. The van der Waals surface area contributed by atoms with Crippen molar-refractivity contribution in [3.05, 3.63) is 143 Å². The Morgan fingerprint density at radius 1 is 0.568 bits per heavy atom. The molecule has 5 aromatic carbocycles. The second-order valence-corrected chi connectivity index (χ2v) is 15.2. The predicted octanol–water partition coefficient (Wildman–Crippen LogP) is 10.3. The Bertz CT molecular complexity index is 1860. The summed E-state index contributed by atoms with van der Waals surface area (Å²) in [6, 6.07) is 40.5. The zero-order valence-electron chi connectivity index (χ0n) is 26.6. The number of hydrogen-bond acceptors (Lipinski definition) is 2. The molecule has 1 aliphatic rings. The predicted molar refractivity (Wildman–Crippen MR) is 185 cm³/mol. The fourth-order valence-electron chi connectivity index (χ4n) is 5.85. The third-order valence-electron chi connectivity index (χ3n) is 8.28. The molecular weight excluding hydrogens is 561 g/mol. The maximum atomic E-state index is 10.4. The first-order chi connectivity index (χ1) is 20.7. The van der Waals surface area contributed by atoms with E-state index < -0.39 is 10.1 Å². The molecule has 0 radical (unpaired) electrons. The van der Waals surface area contributed by atoms with Crippen molar-refractivity contribution in [2.75, 3.05) is 0 Å². The first kappa shape index (κ1) is 31.4. The summed E-state index contributed by atoms with van der Waals surface area (Å²) >= 11 is 0. The summed E-state index contributed by atoms with van der Waals surface area (Å²) in [6.45, 7) is 13.7. The normalized spacial score (nSPS) is 12.6. The molecule has 4 heteroatoms. The minimum absolute atomic E-state index is 0.152. The van der Waals surface area contributed by atoms with Crippen LogP contribution in [0.5, 0.6) is 0 Å². The van der Waals surface area contributed by atoms with Crippen molar-refractivity contribution in [3.8, 4) is 33.4 Å². The highest BCUT2D eigenvalue weighted by Gasteiger charge is 2.25. The highest BCUT2D eigenvalue weighted by Crippen LogP contribution is 2.46. The number of benzene rings is 5. The molecule has 1 N–H and O–H groups in total. The van der Waals surface area contributed by atoms with Crippen LogP contribution in [0.2, 0.25) is 0 Å². The second kappa shape index (κ2) is 12.2. The molecule has 0 spiro atoms. The molecule has 0 unspecified atom stereocenters. The maximum Gasteiger partial charge on any atom is 0.269 e. The van der Waals surface area contributed by atoms with Gasteiger partial charge in [-0.1, -0.05) is 157 Å². The van der Waals surface area contributed by atoms with E-state index >= 15 is 0 Å². The van der Waals surface area contributed by atoms with Gasteiger partial charge in [0.2, 0.25) is 0 Å². The van der Waals surface area contributed by atoms with Crippen molar-refractivity contribution in [1.82, 2.24) is 0 Å². The average molecular weight is 603 g/mol. The molecule has 44 heavy (non-hydrogen) atoms. The van der Waals surface area contributed by atoms with Crippen molar-refractivity contribution in [3.63, 3.8) is 0 Å². The van der Waals surface area contributed by atoms with Crippen LogP contribution >= 0.6 is 0 Å². The van der Waals surface area contributed by atoms with E-state index in [0.717, 1.165) is 6.42 Å². The van der Waals surface area contributed by atoms with Gasteiger partial charge in [-0.05, 0) is 78.4 Å². The Hall–Kier alpha value is -3.99. The van der Waals surface area contributed by atoms with Gasteiger partial charge in [-0.25, -0.2) is 0 Å². The molecule has 3 nitrogen and oxygen atoms in total. The molecule has 0 atom stereocenters. The van der Waals surface area contributed by atoms with Crippen LogP contribution in [0, 0.1) is 0 Å². The molecule has 0 aliphatic heterocycles. The lowest BCUT2D eigenvalue weighted by Gasteiger charge is -2.22. The van der Waals surface area contributed by atoms with Gasteiger partial charge >= 0.3 is 0 Å². The van der Waals surface area contributed by atoms with Crippen LogP contribution in [-0.4, -0.2) is 13.0 Å². The van der Waals surface area contributed by atoms with Crippen LogP contribution in [0.4, 0.5) is 0 Å². The summed E-state index contributed by atoms with van der Waals surface area (Å²) in [5, 5.41) is 0. The van der Waals surface area contributed by atoms with Crippen molar-refractivity contribution in [2.24, 2.45) is 0 Å². The van der Waals surface area contributed by atoms with Crippen LogP contribution in [0.3, 0.4) is 0 Å². The third-order valence-corrected chi connectivity index (χ3v) is 8.98. The van der Waals surface area contributed by atoms with Gasteiger partial charge in [0, 0.05) is 0 Å².